The van der Waals surface area contributed by atoms with Gasteiger partial charge in [-0.05, 0) is 40.0 Å². The highest BCUT2D eigenvalue weighted by molar-refractivity contribution is 5.91. The molecule has 2 fully saturated rings. The van der Waals surface area contributed by atoms with E-state index in [1.54, 1.807) is 6.07 Å². The fraction of sp³-hybridized carbons (Fsp3) is 0.579. The Bertz CT molecular complexity index is 886. The predicted molar refractivity (Wildman–Crippen MR) is 102 cm³/mol. The number of amides is 3. The number of H-pyrrole nitrogens is 1. The second-order valence-corrected chi connectivity index (χ2v) is 8.47. The minimum absolute atomic E-state index is 0.0239. The lowest BCUT2D eigenvalue weighted by molar-refractivity contribution is -0.115. The number of aryl methyl sites for hydroxylation is 1. The van der Waals surface area contributed by atoms with E-state index in [9.17, 15) is 9.59 Å². The van der Waals surface area contributed by atoms with Gasteiger partial charge < -0.3 is 20.1 Å². The third-order valence-electron chi connectivity index (χ3n) is 5.43. The maximum Gasteiger partial charge on any atom is 0.318 e. The molecule has 0 bridgehead atoms. The molecular formula is C19H26N6O3. The summed E-state index contributed by atoms with van der Waals surface area (Å²) in [6.07, 6.45) is 2.98. The van der Waals surface area contributed by atoms with Crippen molar-refractivity contribution in [3.63, 3.8) is 0 Å². The summed E-state index contributed by atoms with van der Waals surface area (Å²) in [5.41, 5.74) is 1.56. The number of aromatic amines is 1. The number of nitrogens with zero attached hydrogens (tertiary/aromatic N) is 3. The van der Waals surface area contributed by atoms with E-state index in [2.05, 4.69) is 26.0 Å². The summed E-state index contributed by atoms with van der Waals surface area (Å²) in [6, 6.07) is 3.88. The lowest BCUT2D eigenvalue weighted by atomic mass is 10.0. The number of carbonyl (C=O) groups is 2. The molecule has 2 aromatic rings. The SMILES string of the molecule is Cc1cc(CC(=O)Nc2cc([C@H]3CC[C@@H](N4CC(C)(C)NC4=O)C3)[nH]n2)on1. The number of urea groups is 1. The van der Waals surface area contributed by atoms with E-state index < -0.39 is 0 Å². The first-order chi connectivity index (χ1) is 13.3. The van der Waals surface area contributed by atoms with Crippen molar-refractivity contribution >= 4 is 17.8 Å². The van der Waals surface area contributed by atoms with Gasteiger partial charge in [-0.15, -0.1) is 0 Å². The zero-order chi connectivity index (χ0) is 19.9. The Morgan fingerprint density at radius 1 is 1.39 bits per heavy atom. The molecule has 3 N–H and O–H groups in total. The smallest absolute Gasteiger partial charge is 0.318 e. The molecule has 3 heterocycles. The molecule has 0 radical (unpaired) electrons. The zero-order valence-electron chi connectivity index (χ0n) is 16.4. The van der Waals surface area contributed by atoms with Crippen LogP contribution >= 0.6 is 0 Å². The fourth-order valence-electron chi connectivity index (χ4n) is 4.17. The van der Waals surface area contributed by atoms with Crippen LogP contribution in [0.3, 0.4) is 0 Å². The molecule has 150 valence electrons. The average Bonchev–Trinajstić information content (AvgIpc) is 3.35. The van der Waals surface area contributed by atoms with Crippen LogP contribution in [0.5, 0.6) is 0 Å². The van der Waals surface area contributed by atoms with Crippen LogP contribution in [0.1, 0.15) is 56.2 Å². The molecule has 0 aromatic carbocycles. The molecule has 0 spiro atoms. The first-order valence-electron chi connectivity index (χ1n) is 9.65. The first-order valence-corrected chi connectivity index (χ1v) is 9.65. The highest BCUT2D eigenvalue weighted by atomic mass is 16.5. The molecule has 2 aliphatic rings. The van der Waals surface area contributed by atoms with Crippen molar-refractivity contribution in [1.82, 2.24) is 25.6 Å². The van der Waals surface area contributed by atoms with Crippen LogP contribution in [0.4, 0.5) is 10.6 Å². The summed E-state index contributed by atoms with van der Waals surface area (Å²) in [5.74, 6) is 1.13. The minimum Gasteiger partial charge on any atom is -0.361 e. The average molecular weight is 386 g/mol. The second kappa shape index (κ2) is 6.96. The Hall–Kier alpha value is -2.84. The highest BCUT2D eigenvalue weighted by Crippen LogP contribution is 2.38. The van der Waals surface area contributed by atoms with E-state index in [1.165, 1.54) is 0 Å². The molecule has 1 aliphatic carbocycles. The molecule has 1 saturated heterocycles. The number of nitrogens with one attached hydrogen (secondary N) is 3. The summed E-state index contributed by atoms with van der Waals surface area (Å²) >= 11 is 0. The van der Waals surface area contributed by atoms with E-state index in [1.807, 2.05) is 31.7 Å². The predicted octanol–water partition coefficient (Wildman–Crippen LogP) is 2.33. The van der Waals surface area contributed by atoms with Gasteiger partial charge in [0.2, 0.25) is 5.91 Å². The molecule has 1 aliphatic heterocycles. The number of anilines is 1. The normalized spacial score (nSPS) is 23.8. The van der Waals surface area contributed by atoms with Crippen molar-refractivity contribution < 1.29 is 14.1 Å². The standard InChI is InChI=1S/C19H26N6O3/c1-11-6-14(28-24-11)8-17(26)20-16-9-15(22-23-16)12-4-5-13(7-12)25-10-19(2,3)21-18(25)27/h6,9,12-13H,4-5,7-8,10H2,1-3H3,(H,21,27)(H2,20,22,23,26)/t12-,13+/m0/s1. The summed E-state index contributed by atoms with van der Waals surface area (Å²) in [5, 5.41) is 16.8. The van der Waals surface area contributed by atoms with Crippen molar-refractivity contribution in [3.8, 4) is 0 Å². The Labute approximate surface area is 163 Å². The third kappa shape index (κ3) is 3.88. The van der Waals surface area contributed by atoms with Crippen LogP contribution in [0, 0.1) is 6.92 Å². The Morgan fingerprint density at radius 3 is 2.89 bits per heavy atom. The summed E-state index contributed by atoms with van der Waals surface area (Å²) in [7, 11) is 0. The molecule has 3 amide bonds. The van der Waals surface area contributed by atoms with Gasteiger partial charge >= 0.3 is 6.03 Å². The third-order valence-corrected chi connectivity index (χ3v) is 5.43. The van der Waals surface area contributed by atoms with Crippen molar-refractivity contribution in [2.45, 2.75) is 64.0 Å². The summed E-state index contributed by atoms with van der Waals surface area (Å²) in [4.78, 5) is 26.3. The Balaban J connectivity index is 1.33. The Morgan fingerprint density at radius 2 is 2.21 bits per heavy atom. The number of rotatable bonds is 5. The molecule has 1 saturated carbocycles. The van der Waals surface area contributed by atoms with Crippen molar-refractivity contribution in [3.05, 3.63) is 29.3 Å². The fourth-order valence-corrected chi connectivity index (χ4v) is 4.17. The van der Waals surface area contributed by atoms with E-state index in [0.29, 0.717) is 17.5 Å². The molecular weight excluding hydrogens is 360 g/mol. The topological polar surface area (TPSA) is 116 Å². The van der Waals surface area contributed by atoms with Gasteiger partial charge in [-0.3, -0.25) is 9.89 Å². The summed E-state index contributed by atoms with van der Waals surface area (Å²) < 4.78 is 5.07. The van der Waals surface area contributed by atoms with Crippen molar-refractivity contribution in [1.29, 1.82) is 0 Å². The zero-order valence-corrected chi connectivity index (χ0v) is 16.4. The Kier molecular flexibility index (Phi) is 4.60. The van der Waals surface area contributed by atoms with Crippen LogP contribution in [0.25, 0.3) is 0 Å². The maximum atomic E-state index is 12.2. The number of hydrogen-bond acceptors (Lipinski definition) is 5. The van der Waals surface area contributed by atoms with E-state index in [4.69, 9.17) is 4.52 Å². The first kappa shape index (κ1) is 18.5. The van der Waals surface area contributed by atoms with Gasteiger partial charge in [0.1, 0.15) is 5.76 Å². The van der Waals surface area contributed by atoms with Gasteiger partial charge in [-0.1, -0.05) is 5.16 Å². The van der Waals surface area contributed by atoms with E-state index in [-0.39, 0.29) is 29.9 Å². The van der Waals surface area contributed by atoms with Gasteiger partial charge in [0.15, 0.2) is 5.82 Å². The van der Waals surface area contributed by atoms with Crippen molar-refractivity contribution in [2.24, 2.45) is 0 Å². The number of hydrogen-bond donors (Lipinski definition) is 3. The molecule has 28 heavy (non-hydrogen) atoms. The van der Waals surface area contributed by atoms with Crippen LogP contribution < -0.4 is 10.6 Å². The van der Waals surface area contributed by atoms with Gasteiger partial charge in [0, 0.05) is 36.3 Å². The van der Waals surface area contributed by atoms with Gasteiger partial charge in [-0.25, -0.2) is 4.79 Å². The molecule has 2 atom stereocenters. The summed E-state index contributed by atoms with van der Waals surface area (Å²) in [6.45, 7) is 6.63. The lowest BCUT2D eigenvalue weighted by Crippen LogP contribution is -2.36. The maximum absolute atomic E-state index is 12.2. The second-order valence-electron chi connectivity index (χ2n) is 8.47. The van der Waals surface area contributed by atoms with Gasteiger partial charge in [-0.2, -0.15) is 5.10 Å². The highest BCUT2D eigenvalue weighted by Gasteiger charge is 2.41. The monoisotopic (exact) mass is 386 g/mol. The van der Waals surface area contributed by atoms with Crippen LogP contribution in [0.2, 0.25) is 0 Å². The quantitative estimate of drug-likeness (QED) is 0.729. The minimum atomic E-state index is -0.200. The van der Waals surface area contributed by atoms with E-state index >= 15 is 0 Å². The largest absolute Gasteiger partial charge is 0.361 e. The number of aromatic nitrogens is 3. The van der Waals surface area contributed by atoms with Gasteiger partial charge in [0.25, 0.3) is 0 Å². The lowest BCUT2D eigenvalue weighted by Gasteiger charge is -2.24. The van der Waals surface area contributed by atoms with Crippen LogP contribution in [0.15, 0.2) is 16.7 Å². The molecule has 2 aromatic heterocycles. The van der Waals surface area contributed by atoms with E-state index in [0.717, 1.165) is 37.2 Å². The van der Waals surface area contributed by atoms with Crippen molar-refractivity contribution in [2.75, 3.05) is 11.9 Å². The molecule has 4 rings (SSSR count). The van der Waals surface area contributed by atoms with Gasteiger partial charge in [0.05, 0.1) is 17.7 Å². The molecule has 9 nitrogen and oxygen atoms in total. The molecule has 0 unspecified atom stereocenters. The van der Waals surface area contributed by atoms with Crippen LogP contribution in [-0.2, 0) is 11.2 Å². The number of carbonyl (C=O) groups excluding carboxylic acids is 2. The molecule has 9 heteroatoms. The van der Waals surface area contributed by atoms with Crippen LogP contribution in [-0.4, -0.2) is 50.3 Å².